The van der Waals surface area contributed by atoms with Crippen LogP contribution in [0.1, 0.15) is 10.5 Å². The average Bonchev–Trinajstić information content (AvgIpc) is 2.49. The van der Waals surface area contributed by atoms with Gasteiger partial charge in [0.2, 0.25) is 0 Å². The van der Waals surface area contributed by atoms with E-state index in [-0.39, 0.29) is 5.69 Å². The summed E-state index contributed by atoms with van der Waals surface area (Å²) in [5.41, 5.74) is 0.721. The maximum atomic E-state index is 11.2. The number of rotatable bonds is 3. The summed E-state index contributed by atoms with van der Waals surface area (Å²) in [6.45, 7) is 0. The Morgan fingerprint density at radius 3 is 2.52 bits per heavy atom. The molecule has 0 aliphatic carbocycles. The molecule has 0 fully saturated rings. The number of pyridine rings is 1. The number of fused-ring (bicyclic) bond motifs is 1. The monoisotopic (exact) mass is 315 g/mol. The quantitative estimate of drug-likeness (QED) is 0.758. The van der Waals surface area contributed by atoms with E-state index in [0.29, 0.717) is 10.5 Å². The van der Waals surface area contributed by atoms with E-state index in [0.717, 1.165) is 15.2 Å². The van der Waals surface area contributed by atoms with Crippen LogP contribution >= 0.6 is 23.4 Å². The molecule has 3 rings (SSSR count). The van der Waals surface area contributed by atoms with Crippen LogP contribution in [-0.2, 0) is 0 Å². The van der Waals surface area contributed by atoms with Gasteiger partial charge in [0.1, 0.15) is 5.69 Å². The van der Waals surface area contributed by atoms with Crippen molar-refractivity contribution in [3.8, 4) is 0 Å². The van der Waals surface area contributed by atoms with Crippen molar-refractivity contribution in [1.82, 2.24) is 4.98 Å². The van der Waals surface area contributed by atoms with Gasteiger partial charge in [-0.15, -0.1) is 0 Å². The number of benzene rings is 2. The van der Waals surface area contributed by atoms with E-state index in [1.54, 1.807) is 6.07 Å². The minimum Gasteiger partial charge on any atom is -0.477 e. The summed E-state index contributed by atoms with van der Waals surface area (Å²) in [5, 5.41) is 10.8. The molecule has 0 saturated carbocycles. The van der Waals surface area contributed by atoms with Crippen LogP contribution in [0.5, 0.6) is 0 Å². The topological polar surface area (TPSA) is 50.2 Å². The third-order valence-electron chi connectivity index (χ3n) is 2.94. The van der Waals surface area contributed by atoms with Gasteiger partial charge in [-0.2, -0.15) is 0 Å². The number of halogens is 1. The van der Waals surface area contributed by atoms with Gasteiger partial charge >= 0.3 is 5.97 Å². The van der Waals surface area contributed by atoms with Crippen molar-refractivity contribution in [3.63, 3.8) is 0 Å². The molecule has 2 aromatic carbocycles. The van der Waals surface area contributed by atoms with Gasteiger partial charge in [0.15, 0.2) is 0 Å². The Bertz CT molecular complexity index is 818. The number of aromatic nitrogens is 1. The maximum Gasteiger partial charge on any atom is 0.354 e. The second-order valence-corrected chi connectivity index (χ2v) is 5.94. The molecule has 1 aromatic heterocycles. The number of carboxylic acids is 1. The zero-order chi connectivity index (χ0) is 14.8. The zero-order valence-electron chi connectivity index (χ0n) is 10.8. The Kier molecular flexibility index (Phi) is 3.82. The van der Waals surface area contributed by atoms with Crippen molar-refractivity contribution in [2.24, 2.45) is 0 Å². The molecule has 1 heterocycles. The van der Waals surface area contributed by atoms with Crippen molar-refractivity contribution in [3.05, 3.63) is 65.3 Å². The summed E-state index contributed by atoms with van der Waals surface area (Å²) in [4.78, 5) is 17.2. The second kappa shape index (κ2) is 5.76. The molecule has 21 heavy (non-hydrogen) atoms. The molecule has 3 nitrogen and oxygen atoms in total. The fourth-order valence-corrected chi connectivity index (χ4v) is 3.07. The van der Waals surface area contributed by atoms with Crippen LogP contribution in [0.2, 0.25) is 5.02 Å². The van der Waals surface area contributed by atoms with Gasteiger partial charge in [-0.05, 0) is 36.4 Å². The van der Waals surface area contributed by atoms with Gasteiger partial charge < -0.3 is 5.11 Å². The molecule has 0 amide bonds. The SMILES string of the molecule is O=C(O)c1cc(Sc2ccc(Cl)cc2)c2ccccc2n1. The van der Waals surface area contributed by atoms with Crippen molar-refractivity contribution in [2.75, 3.05) is 0 Å². The Balaban J connectivity index is 2.11. The first-order valence-corrected chi connectivity index (χ1v) is 7.39. The summed E-state index contributed by atoms with van der Waals surface area (Å²) in [6.07, 6.45) is 0. The van der Waals surface area contributed by atoms with Gasteiger partial charge in [0.05, 0.1) is 5.52 Å². The number of carboxylic acid groups (broad SMARTS) is 1. The molecule has 0 unspecified atom stereocenters. The lowest BCUT2D eigenvalue weighted by Crippen LogP contribution is -2.00. The van der Waals surface area contributed by atoms with Crippen LogP contribution in [0.4, 0.5) is 0 Å². The largest absolute Gasteiger partial charge is 0.477 e. The first-order chi connectivity index (χ1) is 10.1. The van der Waals surface area contributed by atoms with E-state index in [4.69, 9.17) is 11.6 Å². The Labute approximate surface area is 130 Å². The first-order valence-electron chi connectivity index (χ1n) is 6.20. The molecule has 1 N–H and O–H groups in total. The Morgan fingerprint density at radius 1 is 1.10 bits per heavy atom. The smallest absolute Gasteiger partial charge is 0.354 e. The first kappa shape index (κ1) is 13.9. The van der Waals surface area contributed by atoms with E-state index >= 15 is 0 Å². The second-order valence-electron chi connectivity index (χ2n) is 4.38. The third kappa shape index (κ3) is 3.01. The predicted molar refractivity (Wildman–Crippen MR) is 84.3 cm³/mol. The molecule has 0 atom stereocenters. The lowest BCUT2D eigenvalue weighted by atomic mass is 10.2. The van der Waals surface area contributed by atoms with Gasteiger partial charge in [0.25, 0.3) is 0 Å². The molecule has 0 bridgehead atoms. The molecule has 5 heteroatoms. The highest BCUT2D eigenvalue weighted by Gasteiger charge is 2.11. The number of carbonyl (C=O) groups is 1. The standard InChI is InChI=1S/C16H10ClNO2S/c17-10-5-7-11(8-6-10)21-15-9-14(16(19)20)18-13-4-2-1-3-12(13)15/h1-9H,(H,19,20). The van der Waals surface area contributed by atoms with Crippen LogP contribution in [-0.4, -0.2) is 16.1 Å². The van der Waals surface area contributed by atoms with Crippen LogP contribution in [0, 0.1) is 0 Å². The van der Waals surface area contributed by atoms with Gasteiger partial charge in [-0.25, -0.2) is 9.78 Å². The lowest BCUT2D eigenvalue weighted by Gasteiger charge is -2.07. The highest BCUT2D eigenvalue weighted by molar-refractivity contribution is 7.99. The minimum absolute atomic E-state index is 0.0464. The van der Waals surface area contributed by atoms with E-state index in [1.165, 1.54) is 11.8 Å². The van der Waals surface area contributed by atoms with E-state index in [2.05, 4.69) is 4.98 Å². The van der Waals surface area contributed by atoms with Crippen LogP contribution in [0.3, 0.4) is 0 Å². The van der Waals surface area contributed by atoms with Crippen molar-refractivity contribution in [2.45, 2.75) is 9.79 Å². The van der Waals surface area contributed by atoms with Gasteiger partial charge in [-0.3, -0.25) is 0 Å². The fourth-order valence-electron chi connectivity index (χ4n) is 1.97. The summed E-state index contributed by atoms with van der Waals surface area (Å²) in [6, 6.07) is 16.5. The van der Waals surface area contributed by atoms with Crippen molar-refractivity contribution < 1.29 is 9.90 Å². The Hall–Kier alpha value is -2.04. The predicted octanol–water partition coefficient (Wildman–Crippen LogP) is 4.74. The van der Waals surface area contributed by atoms with Crippen LogP contribution in [0.15, 0.2) is 64.4 Å². The molecule has 104 valence electrons. The maximum absolute atomic E-state index is 11.2. The summed E-state index contributed by atoms with van der Waals surface area (Å²) in [5.74, 6) is -1.03. The van der Waals surface area contributed by atoms with Gasteiger partial charge in [0, 0.05) is 20.2 Å². The molecular formula is C16H10ClNO2S. The number of hydrogen-bond acceptors (Lipinski definition) is 3. The summed E-state index contributed by atoms with van der Waals surface area (Å²) >= 11 is 7.37. The van der Waals surface area contributed by atoms with Crippen molar-refractivity contribution >= 4 is 40.2 Å². The minimum atomic E-state index is -1.03. The van der Waals surface area contributed by atoms with Crippen LogP contribution in [0.25, 0.3) is 10.9 Å². The highest BCUT2D eigenvalue weighted by Crippen LogP contribution is 2.34. The average molecular weight is 316 g/mol. The Morgan fingerprint density at radius 2 is 1.81 bits per heavy atom. The summed E-state index contributed by atoms with van der Waals surface area (Å²) in [7, 11) is 0. The number of nitrogens with zero attached hydrogens (tertiary/aromatic N) is 1. The molecule has 3 aromatic rings. The van der Waals surface area contributed by atoms with Crippen LogP contribution < -0.4 is 0 Å². The van der Waals surface area contributed by atoms with E-state index < -0.39 is 5.97 Å². The van der Waals surface area contributed by atoms with Gasteiger partial charge in [-0.1, -0.05) is 41.6 Å². The molecular weight excluding hydrogens is 306 g/mol. The normalized spacial score (nSPS) is 10.7. The molecule has 0 aliphatic rings. The molecule has 0 saturated heterocycles. The third-order valence-corrected chi connectivity index (χ3v) is 4.26. The number of para-hydroxylation sites is 1. The van der Waals surface area contributed by atoms with E-state index in [9.17, 15) is 9.90 Å². The highest BCUT2D eigenvalue weighted by atomic mass is 35.5. The summed E-state index contributed by atoms with van der Waals surface area (Å²) < 4.78 is 0. The molecule has 0 spiro atoms. The fraction of sp³-hybridized carbons (Fsp3) is 0. The number of hydrogen-bond donors (Lipinski definition) is 1. The number of aromatic carboxylic acids is 1. The lowest BCUT2D eigenvalue weighted by molar-refractivity contribution is 0.0690. The zero-order valence-corrected chi connectivity index (χ0v) is 12.4. The van der Waals surface area contributed by atoms with Crippen molar-refractivity contribution in [1.29, 1.82) is 0 Å². The molecule has 0 radical (unpaired) electrons. The molecule has 0 aliphatic heterocycles. The van der Waals surface area contributed by atoms with E-state index in [1.807, 2.05) is 48.5 Å².